The third-order valence-electron chi connectivity index (χ3n) is 0.454. The van der Waals surface area contributed by atoms with Crippen molar-refractivity contribution in [3.63, 3.8) is 0 Å². The molecule has 0 spiro atoms. The molecule has 0 saturated heterocycles. The molecule has 0 saturated carbocycles. The predicted octanol–water partition coefficient (Wildman–Crippen LogP) is -0.961. The normalized spacial score (nSPS) is 12.8. The van der Waals surface area contributed by atoms with E-state index < -0.39 is 16.5 Å². The topological polar surface area (TPSA) is 147 Å². The maximum atomic E-state index is 10.2. The minimum absolute atomic E-state index is 1.72. The Morgan fingerprint density at radius 3 is 1.50 bits per heavy atom. The fourth-order valence-electron chi connectivity index (χ4n) is 0.155. The number of nitrogens with one attached hydrogen (secondary N) is 2. The molecule has 12 heavy (non-hydrogen) atoms. The second-order valence-electron chi connectivity index (χ2n) is 1.04. The molecule has 0 heterocycles. The van der Waals surface area contributed by atoms with Gasteiger partial charge in [0.05, 0.1) is 0 Å². The maximum absolute atomic E-state index is 10.2. The van der Waals surface area contributed by atoms with Crippen LogP contribution in [0.5, 0.6) is 0 Å². The lowest BCUT2D eigenvalue weighted by atomic mass is 12.7. The van der Waals surface area contributed by atoms with Crippen molar-refractivity contribution in [3.05, 3.63) is 0 Å². The van der Waals surface area contributed by atoms with E-state index in [1.807, 2.05) is 0 Å². The Balaban J connectivity index is 3.21. The molecule has 70 valence electrons. The summed E-state index contributed by atoms with van der Waals surface area (Å²) in [5.74, 6) is 8.84. The van der Waals surface area contributed by atoms with Crippen LogP contribution in [0.4, 0.5) is 0 Å². The Morgan fingerprint density at radius 1 is 0.917 bits per heavy atom. The highest BCUT2D eigenvalue weighted by atomic mass is 31.1. The second kappa shape index (κ2) is 7.53. The molecule has 0 aromatic heterocycles. The van der Waals surface area contributed by atoms with Crippen LogP contribution in [-0.2, 0) is 27.6 Å². The molecule has 12 heteroatoms. The van der Waals surface area contributed by atoms with Gasteiger partial charge in [-0.2, -0.15) is 11.8 Å². The molecule has 0 aliphatic rings. The molecule has 0 amide bonds. The summed E-state index contributed by atoms with van der Waals surface area (Å²) in [4.78, 5) is 0. The molecular formula is H6N4O6P2+2. The summed E-state index contributed by atoms with van der Waals surface area (Å²) in [7, 11) is -5.01. The average Bonchev–Trinajstić information content (AvgIpc) is 2.11. The Bertz CT molecular complexity index is 142. The summed E-state index contributed by atoms with van der Waals surface area (Å²) in [5, 5.41) is 0. The molecule has 6 N–H and O–H groups in total. The summed E-state index contributed by atoms with van der Waals surface area (Å²) >= 11 is 0. The number of rotatable bonds is 7. The van der Waals surface area contributed by atoms with Crippen molar-refractivity contribution in [3.8, 4) is 0 Å². The summed E-state index contributed by atoms with van der Waals surface area (Å²) in [5.41, 5.74) is 3.44. The molecule has 0 aromatic rings. The monoisotopic (exact) mass is 220 g/mol. The van der Waals surface area contributed by atoms with E-state index in [0.717, 1.165) is 0 Å². The van der Waals surface area contributed by atoms with Crippen molar-refractivity contribution >= 4 is 16.5 Å². The first-order chi connectivity index (χ1) is 5.70. The van der Waals surface area contributed by atoms with Gasteiger partial charge in [0.15, 0.2) is 0 Å². The third kappa shape index (κ3) is 6.58. The first-order valence-electron chi connectivity index (χ1n) is 2.23. The lowest BCUT2D eigenvalue weighted by molar-refractivity contribution is 0.00917. The van der Waals surface area contributed by atoms with Gasteiger partial charge in [0, 0.05) is 9.13 Å². The zero-order chi connectivity index (χ0) is 9.40. The van der Waals surface area contributed by atoms with Crippen molar-refractivity contribution < 1.29 is 27.6 Å². The fraction of sp³-hybridized carbons (Fsp3) is 0. The largest absolute Gasteiger partial charge is 0.736 e. The Labute approximate surface area is 68.2 Å². The summed E-state index contributed by atoms with van der Waals surface area (Å²) in [6.45, 7) is 0. The van der Waals surface area contributed by atoms with Crippen LogP contribution in [0.2, 0.25) is 0 Å². The third-order valence-corrected chi connectivity index (χ3v) is 1.28. The quantitative estimate of drug-likeness (QED) is 0.240. The van der Waals surface area contributed by atoms with E-state index in [0.29, 0.717) is 0 Å². The van der Waals surface area contributed by atoms with Crippen LogP contribution < -0.4 is 23.0 Å². The second-order valence-corrected chi connectivity index (χ2v) is 2.73. The lowest BCUT2D eigenvalue weighted by Crippen LogP contribution is -2.28. The van der Waals surface area contributed by atoms with Gasteiger partial charge in [-0.05, 0) is 18.5 Å². The van der Waals surface area contributed by atoms with Crippen LogP contribution in [0.3, 0.4) is 0 Å². The van der Waals surface area contributed by atoms with E-state index in [4.69, 9.17) is 0 Å². The van der Waals surface area contributed by atoms with Gasteiger partial charge in [0.1, 0.15) is 0 Å². The minimum atomic E-state index is -2.51. The Morgan fingerprint density at radius 2 is 1.25 bits per heavy atom. The first-order valence-corrected chi connectivity index (χ1v) is 4.42. The van der Waals surface area contributed by atoms with E-state index in [1.165, 1.54) is 0 Å². The van der Waals surface area contributed by atoms with Gasteiger partial charge in [0.25, 0.3) is 0 Å². The maximum Gasteiger partial charge on any atom is 0.736 e. The van der Waals surface area contributed by atoms with Gasteiger partial charge in [-0.3, -0.25) is 0 Å². The lowest BCUT2D eigenvalue weighted by Gasteiger charge is -1.87. The van der Waals surface area contributed by atoms with Gasteiger partial charge >= 0.3 is 16.5 Å². The molecule has 10 nitrogen and oxygen atoms in total. The van der Waals surface area contributed by atoms with Crippen molar-refractivity contribution in [2.45, 2.75) is 0 Å². The van der Waals surface area contributed by atoms with E-state index in [2.05, 4.69) is 30.3 Å². The summed E-state index contributed by atoms with van der Waals surface area (Å²) in [6, 6.07) is 0. The van der Waals surface area contributed by atoms with Gasteiger partial charge in [-0.25, -0.2) is 0 Å². The summed E-state index contributed by atoms with van der Waals surface area (Å²) in [6.07, 6.45) is 0. The molecule has 0 rings (SSSR count). The molecular weight excluding hydrogens is 214 g/mol. The molecule has 0 fully saturated rings. The highest BCUT2D eigenvalue weighted by molar-refractivity contribution is 7.33. The van der Waals surface area contributed by atoms with Gasteiger partial charge in [-0.1, -0.05) is 11.2 Å². The zero-order valence-corrected chi connectivity index (χ0v) is 7.29. The smallest absolute Gasteiger partial charge is 0.162 e. The van der Waals surface area contributed by atoms with E-state index in [1.54, 1.807) is 11.2 Å². The molecule has 0 aromatic carbocycles. The van der Waals surface area contributed by atoms with Gasteiger partial charge in [0.2, 0.25) is 0 Å². The van der Waals surface area contributed by atoms with Crippen LogP contribution in [0.25, 0.3) is 0 Å². The number of hydrazine groups is 1. The molecule has 0 bridgehead atoms. The predicted molar refractivity (Wildman–Crippen MR) is 34.2 cm³/mol. The van der Waals surface area contributed by atoms with E-state index in [9.17, 15) is 9.13 Å². The average molecular weight is 220 g/mol. The molecule has 0 aliphatic heterocycles. The van der Waals surface area contributed by atoms with Crippen LogP contribution in [0.1, 0.15) is 0 Å². The Hall–Kier alpha value is -0.120. The standard InChI is InChI=1S/H6N4O6P2/c1-7-11(5)9-3-4-10-12(6)8-2/h3-4H,1-2H2/q+2. The molecule has 2 atom stereocenters. The first kappa shape index (κ1) is 11.9. The number of hydrogen-bond acceptors (Lipinski definition) is 10. The molecule has 0 radical (unpaired) electrons. The molecule has 0 aliphatic carbocycles. The highest BCUT2D eigenvalue weighted by Gasteiger charge is 2.22. The Kier molecular flexibility index (Phi) is 7.45. The van der Waals surface area contributed by atoms with Crippen LogP contribution in [-0.4, -0.2) is 0 Å². The van der Waals surface area contributed by atoms with Crippen LogP contribution in [0, 0.1) is 0 Å². The van der Waals surface area contributed by atoms with Crippen LogP contribution >= 0.6 is 16.5 Å². The van der Waals surface area contributed by atoms with Gasteiger partial charge in [-0.15, -0.1) is 0 Å². The fourth-order valence-corrected chi connectivity index (χ4v) is 0.465. The van der Waals surface area contributed by atoms with Crippen molar-refractivity contribution in [2.75, 3.05) is 0 Å². The van der Waals surface area contributed by atoms with Crippen molar-refractivity contribution in [1.29, 1.82) is 0 Å². The van der Waals surface area contributed by atoms with E-state index in [-0.39, 0.29) is 0 Å². The molecule has 2 unspecified atom stereocenters. The highest BCUT2D eigenvalue weighted by Crippen LogP contribution is 2.18. The van der Waals surface area contributed by atoms with Crippen LogP contribution in [0.15, 0.2) is 0 Å². The van der Waals surface area contributed by atoms with Gasteiger partial charge < -0.3 is 0 Å². The van der Waals surface area contributed by atoms with Crippen molar-refractivity contribution in [1.82, 2.24) is 11.2 Å². The minimum Gasteiger partial charge on any atom is -0.162 e. The van der Waals surface area contributed by atoms with Crippen molar-refractivity contribution in [2.24, 2.45) is 11.8 Å². The summed E-state index contributed by atoms with van der Waals surface area (Å²) < 4.78 is 35.9. The number of nitrogens with two attached hydrogens (primary N) is 2. The zero-order valence-electron chi connectivity index (χ0n) is 5.50. The number of hydrogen-bond donors (Lipinski definition) is 4. The SMILES string of the molecule is NO[P+](=O)ONNO[P+](=O)ON. The van der Waals surface area contributed by atoms with E-state index >= 15 is 0 Å².